The number of Topliss-reactive ketones (excluding diaryl/α,β-unsaturated/α-hetero) is 1. The molecule has 1 aliphatic heterocycles. The first kappa shape index (κ1) is 19.2. The van der Waals surface area contributed by atoms with Crippen molar-refractivity contribution in [2.75, 3.05) is 12.0 Å². The van der Waals surface area contributed by atoms with Crippen molar-refractivity contribution in [2.24, 2.45) is 0 Å². The van der Waals surface area contributed by atoms with E-state index in [0.29, 0.717) is 16.5 Å². The Labute approximate surface area is 176 Å². The third-order valence-corrected chi connectivity index (χ3v) is 5.87. The minimum Gasteiger partial charge on any atom is -0.507 e. The smallest absolute Gasteiger partial charge is 0.300 e. The molecule has 29 heavy (non-hydrogen) atoms. The Hall–Kier alpha value is -3.09. The summed E-state index contributed by atoms with van der Waals surface area (Å²) in [5.74, 6) is -1.42. The van der Waals surface area contributed by atoms with E-state index in [9.17, 15) is 14.7 Å². The number of ketones is 1. The number of amides is 1. The molecule has 0 saturated carbocycles. The van der Waals surface area contributed by atoms with E-state index in [2.05, 4.69) is 0 Å². The highest BCUT2D eigenvalue weighted by Gasteiger charge is 2.47. The first-order chi connectivity index (χ1) is 14.0. The minimum atomic E-state index is -0.758. The highest BCUT2D eigenvalue weighted by molar-refractivity contribution is 7.10. The zero-order chi connectivity index (χ0) is 20.5. The van der Waals surface area contributed by atoms with Crippen LogP contribution in [0.1, 0.15) is 16.5 Å². The van der Waals surface area contributed by atoms with Crippen LogP contribution in [0, 0.1) is 0 Å². The fourth-order valence-corrected chi connectivity index (χ4v) is 4.41. The quantitative estimate of drug-likeness (QED) is 0.361. The summed E-state index contributed by atoms with van der Waals surface area (Å²) in [6.07, 6.45) is 0. The second-order valence-electron chi connectivity index (χ2n) is 6.36. The fraction of sp³-hybridized carbons (Fsp3) is 0.0909. The van der Waals surface area contributed by atoms with Crippen LogP contribution in [0.25, 0.3) is 5.76 Å². The normalized spacial score (nSPS) is 18.3. The lowest BCUT2D eigenvalue weighted by molar-refractivity contribution is -0.132. The Balaban J connectivity index is 1.96. The van der Waals surface area contributed by atoms with Gasteiger partial charge in [-0.25, -0.2) is 0 Å². The predicted octanol–water partition coefficient (Wildman–Crippen LogP) is 5.04. The van der Waals surface area contributed by atoms with Crippen molar-refractivity contribution in [3.05, 3.63) is 87.1 Å². The summed E-state index contributed by atoms with van der Waals surface area (Å²) >= 11 is 7.50. The number of hydrogen-bond acceptors (Lipinski definition) is 5. The third-order valence-electron chi connectivity index (χ3n) is 4.71. The van der Waals surface area contributed by atoms with Crippen LogP contribution in [0.4, 0.5) is 5.69 Å². The number of ether oxygens (including phenoxy) is 1. The molecule has 7 heteroatoms. The minimum absolute atomic E-state index is 0.00173. The first-order valence-electron chi connectivity index (χ1n) is 8.76. The largest absolute Gasteiger partial charge is 0.507 e. The van der Waals surface area contributed by atoms with Gasteiger partial charge >= 0.3 is 0 Å². The lowest BCUT2D eigenvalue weighted by atomic mass is 9.99. The monoisotopic (exact) mass is 425 g/mol. The van der Waals surface area contributed by atoms with E-state index >= 15 is 0 Å². The Morgan fingerprint density at radius 3 is 2.52 bits per heavy atom. The van der Waals surface area contributed by atoms with Crippen molar-refractivity contribution in [1.29, 1.82) is 0 Å². The molecule has 3 aromatic rings. The van der Waals surface area contributed by atoms with Crippen molar-refractivity contribution >= 4 is 46.1 Å². The number of halogens is 1. The molecule has 4 rings (SSSR count). The molecule has 0 bridgehead atoms. The van der Waals surface area contributed by atoms with Gasteiger partial charge in [0.05, 0.1) is 18.2 Å². The van der Waals surface area contributed by atoms with Crippen molar-refractivity contribution in [1.82, 2.24) is 0 Å². The Kier molecular flexibility index (Phi) is 5.13. The van der Waals surface area contributed by atoms with Crippen LogP contribution in [-0.4, -0.2) is 23.9 Å². The number of thiophene rings is 1. The van der Waals surface area contributed by atoms with Gasteiger partial charge in [-0.3, -0.25) is 14.5 Å². The molecule has 1 atom stereocenters. The van der Waals surface area contributed by atoms with Gasteiger partial charge in [-0.15, -0.1) is 11.3 Å². The summed E-state index contributed by atoms with van der Waals surface area (Å²) in [6.45, 7) is 0. The van der Waals surface area contributed by atoms with E-state index in [1.807, 2.05) is 23.6 Å². The van der Waals surface area contributed by atoms with Gasteiger partial charge in [0, 0.05) is 15.6 Å². The summed E-state index contributed by atoms with van der Waals surface area (Å²) < 4.78 is 5.32. The lowest BCUT2D eigenvalue weighted by Crippen LogP contribution is -2.29. The van der Waals surface area contributed by atoms with Crippen LogP contribution in [-0.2, 0) is 9.59 Å². The van der Waals surface area contributed by atoms with Crippen LogP contribution in [0.3, 0.4) is 0 Å². The number of carbonyl (C=O) groups is 2. The summed E-state index contributed by atoms with van der Waals surface area (Å²) in [7, 11) is 1.46. The molecule has 0 spiro atoms. The van der Waals surface area contributed by atoms with Crippen molar-refractivity contribution in [3.8, 4) is 5.75 Å². The number of benzene rings is 2. The zero-order valence-corrected chi connectivity index (χ0v) is 16.9. The van der Waals surface area contributed by atoms with E-state index in [1.54, 1.807) is 36.4 Å². The average Bonchev–Trinajstić information content (AvgIpc) is 3.35. The standard InChI is InChI=1S/C22H16ClNO4S/c1-28-16-10-9-13(23)12-15(16)20(25)18-19(17-8-5-11-29-17)24(22(27)21(18)26)14-6-3-2-4-7-14/h2-12,19,25H,1H3/b20-18-. The SMILES string of the molecule is COc1ccc(Cl)cc1/C(O)=C1/C(=O)C(=O)N(c2ccccc2)C1c1cccs1. The number of aliphatic hydroxyl groups is 1. The highest BCUT2D eigenvalue weighted by Crippen LogP contribution is 2.44. The number of nitrogens with zero attached hydrogens (tertiary/aromatic N) is 1. The molecule has 1 amide bonds. The Morgan fingerprint density at radius 1 is 1.10 bits per heavy atom. The molecular formula is C22H16ClNO4S. The average molecular weight is 426 g/mol. The fourth-order valence-electron chi connectivity index (χ4n) is 3.41. The number of methoxy groups -OCH3 is 1. The summed E-state index contributed by atoms with van der Waals surface area (Å²) in [5.41, 5.74) is 0.833. The van der Waals surface area contributed by atoms with Crippen LogP contribution in [0.5, 0.6) is 5.75 Å². The van der Waals surface area contributed by atoms with Crippen LogP contribution in [0.2, 0.25) is 5.02 Å². The molecule has 1 aromatic heterocycles. The van der Waals surface area contributed by atoms with Crippen molar-refractivity contribution < 1.29 is 19.4 Å². The molecule has 1 fully saturated rings. The van der Waals surface area contributed by atoms with Gasteiger partial charge in [0.15, 0.2) is 0 Å². The Bertz CT molecular complexity index is 1110. The maximum Gasteiger partial charge on any atom is 0.300 e. The van der Waals surface area contributed by atoms with E-state index in [-0.39, 0.29) is 16.9 Å². The van der Waals surface area contributed by atoms with Crippen molar-refractivity contribution in [3.63, 3.8) is 0 Å². The van der Waals surface area contributed by atoms with Gasteiger partial charge in [-0.05, 0) is 41.8 Å². The highest BCUT2D eigenvalue weighted by atomic mass is 35.5. The first-order valence-corrected chi connectivity index (χ1v) is 10.0. The molecule has 146 valence electrons. The van der Waals surface area contributed by atoms with Gasteiger partial charge in [-0.1, -0.05) is 35.9 Å². The van der Waals surface area contributed by atoms with E-state index in [0.717, 1.165) is 4.88 Å². The molecule has 1 unspecified atom stereocenters. The molecular weight excluding hydrogens is 410 g/mol. The molecule has 2 aromatic carbocycles. The maximum atomic E-state index is 13.0. The number of carbonyl (C=O) groups excluding carboxylic acids is 2. The summed E-state index contributed by atoms with van der Waals surface area (Å²) in [4.78, 5) is 28.1. The molecule has 1 saturated heterocycles. The number of anilines is 1. The number of hydrogen-bond donors (Lipinski definition) is 1. The van der Waals surface area contributed by atoms with Gasteiger partial charge in [0.1, 0.15) is 17.6 Å². The molecule has 1 aliphatic rings. The maximum absolute atomic E-state index is 13.0. The summed E-state index contributed by atoms with van der Waals surface area (Å²) in [5, 5.41) is 13.4. The van der Waals surface area contributed by atoms with E-state index < -0.39 is 17.7 Å². The molecule has 1 N–H and O–H groups in total. The van der Waals surface area contributed by atoms with Crippen LogP contribution >= 0.6 is 22.9 Å². The molecule has 0 aliphatic carbocycles. The lowest BCUT2D eigenvalue weighted by Gasteiger charge is -2.24. The number of para-hydroxylation sites is 1. The third kappa shape index (κ3) is 3.30. The topological polar surface area (TPSA) is 66.8 Å². The zero-order valence-electron chi connectivity index (χ0n) is 15.3. The van der Waals surface area contributed by atoms with Gasteiger partial charge in [0.2, 0.25) is 0 Å². The molecule has 5 nitrogen and oxygen atoms in total. The van der Waals surface area contributed by atoms with E-state index in [1.165, 1.54) is 29.4 Å². The van der Waals surface area contributed by atoms with Gasteiger partial charge in [0.25, 0.3) is 11.7 Å². The number of rotatable bonds is 4. The van der Waals surface area contributed by atoms with Crippen LogP contribution in [0.15, 0.2) is 71.6 Å². The van der Waals surface area contributed by atoms with Gasteiger partial charge < -0.3 is 9.84 Å². The second kappa shape index (κ2) is 7.73. The Morgan fingerprint density at radius 2 is 1.86 bits per heavy atom. The number of aliphatic hydroxyl groups excluding tert-OH is 1. The van der Waals surface area contributed by atoms with Crippen molar-refractivity contribution in [2.45, 2.75) is 6.04 Å². The van der Waals surface area contributed by atoms with Gasteiger partial charge in [-0.2, -0.15) is 0 Å². The second-order valence-corrected chi connectivity index (χ2v) is 7.78. The summed E-state index contributed by atoms with van der Waals surface area (Å²) in [6, 6.07) is 16.6. The van der Waals surface area contributed by atoms with Crippen LogP contribution < -0.4 is 9.64 Å². The molecule has 0 radical (unpaired) electrons. The molecule has 2 heterocycles. The van der Waals surface area contributed by atoms with E-state index in [4.69, 9.17) is 16.3 Å². The predicted molar refractivity (Wildman–Crippen MR) is 114 cm³/mol.